The number of aryl methyl sites for hydroxylation is 1. The highest BCUT2D eigenvalue weighted by atomic mass is 32.1. The summed E-state index contributed by atoms with van der Waals surface area (Å²) in [4.78, 5) is 7.24. The number of aromatic nitrogens is 3. The summed E-state index contributed by atoms with van der Waals surface area (Å²) in [6.45, 7) is 7.62. The van der Waals surface area contributed by atoms with E-state index in [-0.39, 0.29) is 24.1 Å². The van der Waals surface area contributed by atoms with Crippen LogP contribution in [0.25, 0.3) is 4.96 Å². The van der Waals surface area contributed by atoms with Crippen molar-refractivity contribution in [3.63, 3.8) is 0 Å². The van der Waals surface area contributed by atoms with Crippen molar-refractivity contribution in [2.75, 3.05) is 27.3 Å². The van der Waals surface area contributed by atoms with Crippen LogP contribution in [0.1, 0.15) is 36.2 Å². The average Bonchev–Trinajstić information content (AvgIpc) is 3.19. The molecule has 2 aromatic heterocycles. The Morgan fingerprint density at radius 1 is 1.24 bits per heavy atom. The van der Waals surface area contributed by atoms with Gasteiger partial charge in [0.25, 0.3) is 0 Å². The Morgan fingerprint density at radius 3 is 2.59 bits per heavy atom. The van der Waals surface area contributed by atoms with E-state index in [1.54, 1.807) is 14.2 Å². The molecule has 1 aliphatic heterocycles. The van der Waals surface area contributed by atoms with Crippen LogP contribution in [0.3, 0.4) is 0 Å². The van der Waals surface area contributed by atoms with E-state index in [0.717, 1.165) is 35.0 Å². The molecule has 4 rings (SSSR count). The Hall–Kier alpha value is -2.36. The molecular formula is C20H27N4O4S+. The van der Waals surface area contributed by atoms with Crippen molar-refractivity contribution in [2.45, 2.75) is 39.0 Å². The molecule has 9 heteroatoms. The number of benzene rings is 1. The fourth-order valence-electron chi connectivity index (χ4n) is 4.19. The minimum atomic E-state index is -0.140. The van der Waals surface area contributed by atoms with Crippen LogP contribution in [0, 0.1) is 6.92 Å². The van der Waals surface area contributed by atoms with Crippen molar-refractivity contribution in [1.82, 2.24) is 14.6 Å². The maximum absolute atomic E-state index is 11.0. The number of rotatable bonds is 5. The lowest BCUT2D eigenvalue weighted by atomic mass is 10.00. The molecule has 3 heterocycles. The minimum Gasteiger partial charge on any atom is -0.497 e. The van der Waals surface area contributed by atoms with E-state index in [9.17, 15) is 5.11 Å². The molecule has 1 aliphatic rings. The Kier molecular flexibility index (Phi) is 5.37. The highest BCUT2D eigenvalue weighted by Gasteiger charge is 2.39. The number of aromatic hydroxyl groups is 1. The van der Waals surface area contributed by atoms with Gasteiger partial charge in [0.05, 0.1) is 19.8 Å². The number of ether oxygens (including phenoxy) is 3. The third-order valence-corrected chi connectivity index (χ3v) is 6.38. The maximum atomic E-state index is 11.0. The van der Waals surface area contributed by atoms with Crippen LogP contribution in [0.4, 0.5) is 0 Å². The normalized spacial score (nSPS) is 23.3. The molecule has 0 radical (unpaired) electrons. The molecular weight excluding hydrogens is 392 g/mol. The predicted molar refractivity (Wildman–Crippen MR) is 109 cm³/mol. The van der Waals surface area contributed by atoms with E-state index in [0.29, 0.717) is 10.8 Å². The highest BCUT2D eigenvalue weighted by Crippen LogP contribution is 2.39. The first kappa shape index (κ1) is 19.9. The quantitative estimate of drug-likeness (QED) is 0.654. The van der Waals surface area contributed by atoms with Gasteiger partial charge in [-0.2, -0.15) is 4.52 Å². The van der Waals surface area contributed by atoms with Gasteiger partial charge in [-0.15, -0.1) is 5.10 Å². The van der Waals surface area contributed by atoms with Crippen molar-refractivity contribution in [3.8, 4) is 17.4 Å². The zero-order valence-corrected chi connectivity index (χ0v) is 18.1. The number of nitrogens with zero attached hydrogens (tertiary/aromatic N) is 3. The van der Waals surface area contributed by atoms with Gasteiger partial charge in [0.1, 0.15) is 47.5 Å². The van der Waals surface area contributed by atoms with E-state index in [1.807, 2.05) is 25.1 Å². The first-order chi connectivity index (χ1) is 13.9. The maximum Gasteiger partial charge on any atom is 0.235 e. The van der Waals surface area contributed by atoms with Gasteiger partial charge >= 0.3 is 0 Å². The standard InChI is InChI=1S/C20H26N4O4S/c1-11-9-23(10-12(2)28-11)17(15-7-6-14(26-4)8-16(15)27-5)18-19(25)24-20(29-18)21-13(3)22-24/h6-8,11-12,17,25H,9-10H2,1-5H3/p+1/t11-,12+,17-/m1/s1. The fraction of sp³-hybridized carbons (Fsp3) is 0.500. The van der Waals surface area contributed by atoms with Crippen molar-refractivity contribution in [2.24, 2.45) is 0 Å². The third kappa shape index (κ3) is 3.65. The van der Waals surface area contributed by atoms with Gasteiger partial charge in [-0.3, -0.25) is 0 Å². The SMILES string of the molecule is COc1ccc([C@H](c2sc3nc(C)nn3c2O)[NH+]2C[C@@H](C)O[C@@H](C)C2)c(OC)c1. The molecule has 0 aliphatic carbocycles. The van der Waals surface area contributed by atoms with Crippen molar-refractivity contribution in [1.29, 1.82) is 0 Å². The number of fused-ring (bicyclic) bond motifs is 1. The second kappa shape index (κ2) is 7.81. The van der Waals surface area contributed by atoms with E-state index < -0.39 is 0 Å². The van der Waals surface area contributed by atoms with E-state index in [4.69, 9.17) is 14.2 Å². The molecule has 3 aromatic rings. The molecule has 1 aromatic carbocycles. The van der Waals surface area contributed by atoms with Crippen molar-refractivity contribution in [3.05, 3.63) is 34.5 Å². The summed E-state index contributed by atoms with van der Waals surface area (Å²) in [5, 5.41) is 15.4. The number of hydrogen-bond donors (Lipinski definition) is 2. The number of hydrogen-bond acceptors (Lipinski definition) is 7. The second-order valence-corrected chi connectivity index (χ2v) is 8.52. The number of quaternary nitrogens is 1. The van der Waals surface area contributed by atoms with Crippen LogP contribution in [0.15, 0.2) is 18.2 Å². The summed E-state index contributed by atoms with van der Waals surface area (Å²) in [5.74, 6) is 2.22. The molecule has 0 amide bonds. The van der Waals surface area contributed by atoms with E-state index in [2.05, 4.69) is 23.9 Å². The van der Waals surface area contributed by atoms with E-state index >= 15 is 0 Å². The number of methoxy groups -OCH3 is 2. The number of morpholine rings is 1. The summed E-state index contributed by atoms with van der Waals surface area (Å²) < 4.78 is 18.6. The predicted octanol–water partition coefficient (Wildman–Crippen LogP) is 1.60. The van der Waals surface area contributed by atoms with Gasteiger partial charge in [-0.1, -0.05) is 11.3 Å². The van der Waals surface area contributed by atoms with Crippen LogP contribution in [-0.2, 0) is 4.74 Å². The second-order valence-electron chi connectivity index (χ2n) is 7.51. The zero-order valence-electron chi connectivity index (χ0n) is 17.3. The lowest BCUT2D eigenvalue weighted by Crippen LogP contribution is -3.15. The fourth-order valence-corrected chi connectivity index (χ4v) is 5.37. The zero-order chi connectivity index (χ0) is 20.7. The molecule has 156 valence electrons. The summed E-state index contributed by atoms with van der Waals surface area (Å²) in [6, 6.07) is 5.68. The smallest absolute Gasteiger partial charge is 0.235 e. The number of nitrogens with one attached hydrogen (secondary N) is 1. The first-order valence-electron chi connectivity index (χ1n) is 9.68. The lowest BCUT2D eigenvalue weighted by molar-refractivity contribution is -0.939. The third-order valence-electron chi connectivity index (χ3n) is 5.29. The molecule has 0 bridgehead atoms. The van der Waals surface area contributed by atoms with Gasteiger partial charge in [0.15, 0.2) is 6.04 Å². The molecule has 2 N–H and O–H groups in total. The van der Waals surface area contributed by atoms with Crippen molar-refractivity contribution < 1.29 is 24.2 Å². The van der Waals surface area contributed by atoms with Crippen LogP contribution < -0.4 is 14.4 Å². The minimum absolute atomic E-state index is 0.118. The Morgan fingerprint density at radius 2 is 1.97 bits per heavy atom. The van der Waals surface area contributed by atoms with Crippen LogP contribution in [0.2, 0.25) is 0 Å². The molecule has 0 spiro atoms. The van der Waals surface area contributed by atoms with Gasteiger partial charge in [-0.05, 0) is 32.9 Å². The summed E-state index contributed by atoms with van der Waals surface area (Å²) in [5.41, 5.74) is 0.987. The Labute approximate surface area is 173 Å². The van der Waals surface area contributed by atoms with Crippen molar-refractivity contribution >= 4 is 16.3 Å². The largest absolute Gasteiger partial charge is 0.497 e. The number of thiazole rings is 1. The average molecular weight is 420 g/mol. The van der Waals surface area contributed by atoms with Crippen LogP contribution in [0.5, 0.6) is 17.4 Å². The summed E-state index contributed by atoms with van der Waals surface area (Å²) in [6.07, 6.45) is 0.235. The lowest BCUT2D eigenvalue weighted by Gasteiger charge is -2.37. The summed E-state index contributed by atoms with van der Waals surface area (Å²) >= 11 is 1.46. The summed E-state index contributed by atoms with van der Waals surface area (Å²) in [7, 11) is 3.29. The topological polar surface area (TPSA) is 82.6 Å². The molecule has 1 saturated heterocycles. The van der Waals surface area contributed by atoms with Gasteiger partial charge in [0.2, 0.25) is 10.8 Å². The highest BCUT2D eigenvalue weighted by molar-refractivity contribution is 7.17. The Balaban J connectivity index is 1.87. The van der Waals surface area contributed by atoms with E-state index in [1.165, 1.54) is 20.8 Å². The van der Waals surface area contributed by atoms with Gasteiger partial charge < -0.3 is 24.2 Å². The van der Waals surface area contributed by atoms with Crippen LogP contribution >= 0.6 is 11.3 Å². The van der Waals surface area contributed by atoms with Gasteiger partial charge in [-0.25, -0.2) is 4.98 Å². The molecule has 0 saturated carbocycles. The molecule has 1 unspecified atom stereocenters. The molecule has 4 atom stereocenters. The molecule has 29 heavy (non-hydrogen) atoms. The van der Waals surface area contributed by atoms with Crippen LogP contribution in [-0.4, -0.2) is 59.2 Å². The Bertz CT molecular complexity index is 1010. The molecule has 8 nitrogen and oxygen atoms in total. The van der Waals surface area contributed by atoms with Gasteiger partial charge in [0, 0.05) is 6.07 Å². The monoisotopic (exact) mass is 419 g/mol. The first-order valence-corrected chi connectivity index (χ1v) is 10.5. The molecule has 1 fully saturated rings.